The second kappa shape index (κ2) is 3.67. The van der Waals surface area contributed by atoms with Crippen LogP contribution in [-0.2, 0) is 6.42 Å². The smallest absolute Gasteiger partial charge is 0.0918 e. The van der Waals surface area contributed by atoms with Crippen molar-refractivity contribution in [2.24, 2.45) is 5.73 Å². The summed E-state index contributed by atoms with van der Waals surface area (Å²) in [6.45, 7) is 0.715. The van der Waals surface area contributed by atoms with Gasteiger partial charge in [-0.3, -0.25) is 0 Å². The Morgan fingerprint density at radius 1 is 1.36 bits per heavy atom. The van der Waals surface area contributed by atoms with Gasteiger partial charge in [0.2, 0.25) is 0 Å². The Morgan fingerprint density at radius 2 is 2.21 bits per heavy atom. The molecule has 1 heterocycles. The van der Waals surface area contributed by atoms with E-state index in [2.05, 4.69) is 11.2 Å². The maximum atomic E-state index is 5.65. The van der Waals surface area contributed by atoms with Gasteiger partial charge >= 0.3 is 0 Å². The largest absolute Gasteiger partial charge is 0.330 e. The SMILES string of the molecule is NCCCc1cccc2c1cnn2N. The first-order valence-electron chi connectivity index (χ1n) is 4.73. The number of hydrogen-bond acceptors (Lipinski definition) is 3. The molecule has 0 saturated heterocycles. The fourth-order valence-electron chi connectivity index (χ4n) is 1.64. The normalized spacial score (nSPS) is 10.9. The first-order valence-corrected chi connectivity index (χ1v) is 4.73. The van der Waals surface area contributed by atoms with Gasteiger partial charge in [0, 0.05) is 5.39 Å². The maximum absolute atomic E-state index is 5.65. The highest BCUT2D eigenvalue weighted by molar-refractivity contribution is 5.82. The highest BCUT2D eigenvalue weighted by atomic mass is 15.5. The first kappa shape index (κ1) is 9.02. The van der Waals surface area contributed by atoms with Crippen LogP contribution in [0.4, 0.5) is 0 Å². The molecule has 74 valence electrons. The van der Waals surface area contributed by atoms with Crippen molar-refractivity contribution in [2.45, 2.75) is 12.8 Å². The summed E-state index contributed by atoms with van der Waals surface area (Å²) in [4.78, 5) is 1.40. The van der Waals surface area contributed by atoms with Gasteiger partial charge < -0.3 is 11.6 Å². The predicted molar refractivity (Wildman–Crippen MR) is 57.3 cm³/mol. The Kier molecular flexibility index (Phi) is 2.37. The lowest BCUT2D eigenvalue weighted by atomic mass is 10.1. The molecule has 0 amide bonds. The number of nitrogen functional groups attached to an aromatic ring is 1. The van der Waals surface area contributed by atoms with Gasteiger partial charge in [-0.2, -0.15) is 9.89 Å². The number of benzene rings is 1. The summed E-state index contributed by atoms with van der Waals surface area (Å²) >= 11 is 0. The maximum Gasteiger partial charge on any atom is 0.0918 e. The molecule has 0 radical (unpaired) electrons. The monoisotopic (exact) mass is 190 g/mol. The van der Waals surface area contributed by atoms with E-state index < -0.39 is 0 Å². The number of nitrogens with zero attached hydrogens (tertiary/aromatic N) is 2. The van der Waals surface area contributed by atoms with Gasteiger partial charge in [-0.15, -0.1) is 0 Å². The van der Waals surface area contributed by atoms with Crippen molar-refractivity contribution < 1.29 is 0 Å². The molecule has 0 spiro atoms. The number of rotatable bonds is 3. The Morgan fingerprint density at radius 3 is 3.00 bits per heavy atom. The van der Waals surface area contributed by atoms with Crippen molar-refractivity contribution in [3.8, 4) is 0 Å². The standard InChI is InChI=1S/C10H14N4/c11-6-2-4-8-3-1-5-10-9(8)7-13-14(10)12/h1,3,5,7H,2,4,6,11-12H2. The molecule has 4 N–H and O–H groups in total. The molecule has 2 rings (SSSR count). The molecule has 0 unspecified atom stereocenters. The first-order chi connectivity index (χ1) is 6.83. The van der Waals surface area contributed by atoms with E-state index in [1.54, 1.807) is 6.20 Å². The fourth-order valence-corrected chi connectivity index (χ4v) is 1.64. The van der Waals surface area contributed by atoms with E-state index in [9.17, 15) is 0 Å². The van der Waals surface area contributed by atoms with Crippen molar-refractivity contribution in [3.05, 3.63) is 30.0 Å². The molecule has 0 aliphatic heterocycles. The Balaban J connectivity index is 2.44. The van der Waals surface area contributed by atoms with Crippen LogP contribution in [-0.4, -0.2) is 16.4 Å². The van der Waals surface area contributed by atoms with Gasteiger partial charge in [0.1, 0.15) is 0 Å². The van der Waals surface area contributed by atoms with Crippen LogP contribution in [0, 0.1) is 0 Å². The third-order valence-corrected chi connectivity index (χ3v) is 2.38. The fraction of sp³-hybridized carbons (Fsp3) is 0.300. The van der Waals surface area contributed by atoms with Crippen LogP contribution in [0.2, 0.25) is 0 Å². The molecule has 0 atom stereocenters. The highest BCUT2D eigenvalue weighted by Gasteiger charge is 2.04. The molecule has 1 aromatic carbocycles. The summed E-state index contributed by atoms with van der Waals surface area (Å²) in [5, 5.41) is 5.16. The van der Waals surface area contributed by atoms with E-state index in [4.69, 9.17) is 11.6 Å². The number of hydrogen-bond donors (Lipinski definition) is 2. The van der Waals surface area contributed by atoms with Crippen molar-refractivity contribution in [1.82, 2.24) is 9.89 Å². The van der Waals surface area contributed by atoms with Gasteiger partial charge in [0.15, 0.2) is 0 Å². The second-order valence-electron chi connectivity index (χ2n) is 3.33. The number of nitrogens with two attached hydrogens (primary N) is 2. The lowest BCUT2D eigenvalue weighted by Gasteiger charge is -2.01. The van der Waals surface area contributed by atoms with Crippen LogP contribution in [0.1, 0.15) is 12.0 Å². The van der Waals surface area contributed by atoms with E-state index in [1.807, 2.05) is 12.1 Å². The highest BCUT2D eigenvalue weighted by Crippen LogP contribution is 2.18. The molecule has 14 heavy (non-hydrogen) atoms. The summed E-state index contributed by atoms with van der Waals surface area (Å²) in [6, 6.07) is 6.06. The van der Waals surface area contributed by atoms with Crippen molar-refractivity contribution in [2.75, 3.05) is 12.4 Å². The molecule has 4 heteroatoms. The summed E-state index contributed by atoms with van der Waals surface area (Å²) in [7, 11) is 0. The second-order valence-corrected chi connectivity index (χ2v) is 3.33. The van der Waals surface area contributed by atoms with Gasteiger partial charge in [-0.05, 0) is 31.0 Å². The van der Waals surface area contributed by atoms with Gasteiger partial charge in [0.05, 0.1) is 11.7 Å². The van der Waals surface area contributed by atoms with Crippen LogP contribution >= 0.6 is 0 Å². The van der Waals surface area contributed by atoms with E-state index in [-0.39, 0.29) is 0 Å². The summed E-state index contributed by atoms with van der Waals surface area (Å²) < 4.78 is 0. The lowest BCUT2D eigenvalue weighted by molar-refractivity contribution is 0.837. The Labute approximate surface area is 82.5 Å². The van der Waals surface area contributed by atoms with Gasteiger partial charge in [0.25, 0.3) is 0 Å². The summed E-state index contributed by atoms with van der Waals surface area (Å²) in [6.07, 6.45) is 3.79. The third-order valence-electron chi connectivity index (χ3n) is 2.38. The van der Waals surface area contributed by atoms with Crippen LogP contribution in [0.3, 0.4) is 0 Å². The Bertz CT molecular complexity index is 433. The van der Waals surface area contributed by atoms with Crippen LogP contribution in [0.15, 0.2) is 24.4 Å². The molecule has 1 aromatic heterocycles. The van der Waals surface area contributed by atoms with Crippen molar-refractivity contribution >= 4 is 10.9 Å². The van der Waals surface area contributed by atoms with E-state index in [0.717, 1.165) is 23.7 Å². The molecule has 2 aromatic rings. The van der Waals surface area contributed by atoms with Crippen molar-refractivity contribution in [3.63, 3.8) is 0 Å². The average Bonchev–Trinajstić information content (AvgIpc) is 2.58. The third kappa shape index (κ3) is 1.44. The zero-order chi connectivity index (χ0) is 9.97. The van der Waals surface area contributed by atoms with Gasteiger partial charge in [-0.1, -0.05) is 12.1 Å². The molecular formula is C10H14N4. The van der Waals surface area contributed by atoms with E-state index in [0.29, 0.717) is 6.54 Å². The zero-order valence-electron chi connectivity index (χ0n) is 7.98. The molecule has 0 aliphatic carbocycles. The predicted octanol–water partition coefficient (Wildman–Crippen LogP) is 0.641. The zero-order valence-corrected chi connectivity index (χ0v) is 7.98. The van der Waals surface area contributed by atoms with Crippen LogP contribution in [0.25, 0.3) is 10.9 Å². The topological polar surface area (TPSA) is 69.9 Å². The minimum atomic E-state index is 0.715. The lowest BCUT2D eigenvalue weighted by Crippen LogP contribution is -2.08. The number of aromatic nitrogens is 2. The number of fused-ring (bicyclic) bond motifs is 1. The average molecular weight is 190 g/mol. The van der Waals surface area contributed by atoms with E-state index in [1.165, 1.54) is 10.4 Å². The molecule has 4 nitrogen and oxygen atoms in total. The molecule has 0 aliphatic rings. The van der Waals surface area contributed by atoms with Crippen LogP contribution in [0.5, 0.6) is 0 Å². The Hall–Kier alpha value is -1.55. The summed E-state index contributed by atoms with van der Waals surface area (Å²) in [5.41, 5.74) is 7.72. The molecule has 0 bridgehead atoms. The quantitative estimate of drug-likeness (QED) is 0.698. The number of aryl methyl sites for hydroxylation is 1. The van der Waals surface area contributed by atoms with E-state index >= 15 is 0 Å². The van der Waals surface area contributed by atoms with Gasteiger partial charge in [-0.25, -0.2) is 0 Å². The minimum absolute atomic E-state index is 0.715. The van der Waals surface area contributed by atoms with Crippen LogP contribution < -0.4 is 11.6 Å². The molecular weight excluding hydrogens is 176 g/mol. The minimum Gasteiger partial charge on any atom is -0.330 e. The summed E-state index contributed by atoms with van der Waals surface area (Å²) in [5.74, 6) is 5.65. The molecule has 0 saturated carbocycles. The molecule has 0 fully saturated rings. The van der Waals surface area contributed by atoms with Crippen molar-refractivity contribution in [1.29, 1.82) is 0 Å².